The van der Waals surface area contributed by atoms with Crippen molar-refractivity contribution in [2.45, 2.75) is 26.3 Å². The number of rotatable bonds is 6. The zero-order chi connectivity index (χ0) is 17.6. The topological polar surface area (TPSA) is 38.3 Å². The molecule has 0 bridgehead atoms. The molecule has 3 aromatic carbocycles. The number of hydrogen-bond donors (Lipinski definition) is 1. The molecule has 3 heteroatoms. The van der Waals surface area contributed by atoms with E-state index >= 15 is 0 Å². The number of hydrogen-bond acceptors (Lipinski definition) is 2. The van der Waals surface area contributed by atoms with Crippen LogP contribution >= 0.6 is 0 Å². The Bertz CT molecular complexity index is 855. The quantitative estimate of drug-likeness (QED) is 0.712. The van der Waals surface area contributed by atoms with Gasteiger partial charge in [-0.1, -0.05) is 54.6 Å². The minimum atomic E-state index is -0.0383. The van der Waals surface area contributed by atoms with E-state index in [9.17, 15) is 4.79 Å². The molecule has 1 N–H and O–H groups in total. The predicted molar refractivity (Wildman–Crippen MR) is 102 cm³/mol. The first kappa shape index (κ1) is 17.0. The maximum absolute atomic E-state index is 12.4. The molecular weight excluding hydrogens is 310 g/mol. The number of fused-ring (bicyclic) bond motifs is 1. The van der Waals surface area contributed by atoms with E-state index in [1.807, 2.05) is 56.3 Å². The van der Waals surface area contributed by atoms with Crippen LogP contribution in [0.25, 0.3) is 10.8 Å². The van der Waals surface area contributed by atoms with Gasteiger partial charge in [-0.3, -0.25) is 4.79 Å². The van der Waals surface area contributed by atoms with E-state index in [4.69, 9.17) is 4.74 Å². The van der Waals surface area contributed by atoms with E-state index in [1.54, 1.807) is 0 Å². The Hall–Kier alpha value is -2.81. The van der Waals surface area contributed by atoms with E-state index in [1.165, 1.54) is 5.39 Å². The first-order valence-electron chi connectivity index (χ1n) is 8.65. The van der Waals surface area contributed by atoms with Crippen LogP contribution in [0.1, 0.15) is 31.0 Å². The van der Waals surface area contributed by atoms with Gasteiger partial charge in [0.05, 0.1) is 19.1 Å². The van der Waals surface area contributed by atoms with Crippen LogP contribution in [0.15, 0.2) is 66.7 Å². The molecule has 3 nitrogen and oxygen atoms in total. The summed E-state index contributed by atoms with van der Waals surface area (Å²) in [5.74, 6) is 0.873. The maximum atomic E-state index is 12.4. The molecule has 0 fully saturated rings. The second-order valence-corrected chi connectivity index (χ2v) is 6.15. The summed E-state index contributed by atoms with van der Waals surface area (Å²) in [6.45, 7) is 4.61. The van der Waals surface area contributed by atoms with Crippen molar-refractivity contribution < 1.29 is 9.53 Å². The molecule has 0 aliphatic heterocycles. The molecule has 128 valence electrons. The van der Waals surface area contributed by atoms with E-state index in [0.29, 0.717) is 13.0 Å². The lowest BCUT2D eigenvalue weighted by Crippen LogP contribution is -2.28. The molecular formula is C22H23NO2. The average molecular weight is 333 g/mol. The third kappa shape index (κ3) is 4.38. The monoisotopic (exact) mass is 333 g/mol. The third-order valence-corrected chi connectivity index (χ3v) is 4.25. The Balaban J connectivity index is 1.62. The fourth-order valence-electron chi connectivity index (χ4n) is 2.93. The third-order valence-electron chi connectivity index (χ3n) is 4.25. The summed E-state index contributed by atoms with van der Waals surface area (Å²) in [6, 6.07) is 22.2. The SMILES string of the molecule is CCOc1ccc(C(C)NC(=O)Cc2ccc3ccccc3c2)cc1. The summed E-state index contributed by atoms with van der Waals surface area (Å²) >= 11 is 0. The maximum Gasteiger partial charge on any atom is 0.224 e. The zero-order valence-corrected chi connectivity index (χ0v) is 14.7. The predicted octanol–water partition coefficient (Wildman–Crippen LogP) is 4.66. The lowest BCUT2D eigenvalue weighted by molar-refractivity contribution is -0.121. The highest BCUT2D eigenvalue weighted by atomic mass is 16.5. The van der Waals surface area contributed by atoms with Gasteiger partial charge >= 0.3 is 0 Å². The molecule has 1 atom stereocenters. The molecule has 0 radical (unpaired) electrons. The van der Waals surface area contributed by atoms with Gasteiger partial charge in [-0.05, 0) is 47.9 Å². The Labute approximate surface area is 148 Å². The van der Waals surface area contributed by atoms with Crippen molar-refractivity contribution >= 4 is 16.7 Å². The van der Waals surface area contributed by atoms with Gasteiger partial charge in [0.1, 0.15) is 5.75 Å². The smallest absolute Gasteiger partial charge is 0.224 e. The molecule has 0 saturated carbocycles. The van der Waals surface area contributed by atoms with Gasteiger partial charge in [-0.2, -0.15) is 0 Å². The van der Waals surface area contributed by atoms with E-state index in [-0.39, 0.29) is 11.9 Å². The summed E-state index contributed by atoms with van der Waals surface area (Å²) < 4.78 is 5.45. The van der Waals surface area contributed by atoms with Crippen molar-refractivity contribution in [1.82, 2.24) is 5.32 Å². The summed E-state index contributed by atoms with van der Waals surface area (Å²) in [5, 5.41) is 5.41. The van der Waals surface area contributed by atoms with Crippen LogP contribution in [-0.2, 0) is 11.2 Å². The number of ether oxygens (including phenoxy) is 1. The highest BCUT2D eigenvalue weighted by Crippen LogP contribution is 2.19. The molecule has 1 unspecified atom stereocenters. The van der Waals surface area contributed by atoms with Crippen LogP contribution in [0.4, 0.5) is 0 Å². The summed E-state index contributed by atoms with van der Waals surface area (Å²) in [4.78, 5) is 12.4. The van der Waals surface area contributed by atoms with Crippen molar-refractivity contribution in [3.8, 4) is 5.75 Å². The number of benzene rings is 3. The van der Waals surface area contributed by atoms with Gasteiger partial charge in [-0.25, -0.2) is 0 Å². The fourth-order valence-corrected chi connectivity index (χ4v) is 2.93. The van der Waals surface area contributed by atoms with Gasteiger partial charge in [-0.15, -0.1) is 0 Å². The molecule has 1 amide bonds. The number of nitrogens with one attached hydrogen (secondary N) is 1. The van der Waals surface area contributed by atoms with Gasteiger partial charge < -0.3 is 10.1 Å². The van der Waals surface area contributed by atoms with Gasteiger partial charge in [0.25, 0.3) is 0 Å². The highest BCUT2D eigenvalue weighted by molar-refractivity contribution is 5.85. The molecule has 0 heterocycles. The van der Waals surface area contributed by atoms with Gasteiger partial charge in [0.15, 0.2) is 0 Å². The van der Waals surface area contributed by atoms with Crippen LogP contribution in [0.5, 0.6) is 5.75 Å². The van der Waals surface area contributed by atoms with Crippen molar-refractivity contribution in [1.29, 1.82) is 0 Å². The lowest BCUT2D eigenvalue weighted by atomic mass is 10.0. The van der Waals surface area contributed by atoms with Crippen LogP contribution in [-0.4, -0.2) is 12.5 Å². The molecule has 25 heavy (non-hydrogen) atoms. The average Bonchev–Trinajstić information content (AvgIpc) is 2.62. The molecule has 0 aromatic heterocycles. The molecule has 0 spiro atoms. The van der Waals surface area contributed by atoms with Crippen molar-refractivity contribution in [2.75, 3.05) is 6.61 Å². The minimum Gasteiger partial charge on any atom is -0.494 e. The molecule has 0 saturated heterocycles. The number of amides is 1. The van der Waals surface area contributed by atoms with Gasteiger partial charge in [0, 0.05) is 0 Å². The lowest BCUT2D eigenvalue weighted by Gasteiger charge is -2.15. The molecule has 3 rings (SSSR count). The summed E-state index contributed by atoms with van der Waals surface area (Å²) in [6.07, 6.45) is 0.381. The Morgan fingerprint density at radius 2 is 1.72 bits per heavy atom. The van der Waals surface area contributed by atoms with E-state index in [2.05, 4.69) is 29.6 Å². The Morgan fingerprint density at radius 1 is 1.00 bits per heavy atom. The summed E-state index contributed by atoms with van der Waals surface area (Å²) in [7, 11) is 0. The Kier molecular flexibility index (Phi) is 5.34. The minimum absolute atomic E-state index is 0.0247. The van der Waals surface area contributed by atoms with E-state index < -0.39 is 0 Å². The first-order valence-corrected chi connectivity index (χ1v) is 8.65. The van der Waals surface area contributed by atoms with Crippen LogP contribution in [0, 0.1) is 0 Å². The number of carbonyl (C=O) groups excluding carboxylic acids is 1. The first-order chi connectivity index (χ1) is 12.2. The standard InChI is InChI=1S/C22H23NO2/c1-3-25-21-12-10-18(11-13-21)16(2)23-22(24)15-17-8-9-19-6-4-5-7-20(19)14-17/h4-14,16H,3,15H2,1-2H3,(H,23,24). The largest absolute Gasteiger partial charge is 0.494 e. The zero-order valence-electron chi connectivity index (χ0n) is 14.7. The molecule has 0 aliphatic carbocycles. The van der Waals surface area contributed by atoms with Crippen molar-refractivity contribution in [3.63, 3.8) is 0 Å². The highest BCUT2D eigenvalue weighted by Gasteiger charge is 2.10. The van der Waals surface area contributed by atoms with Gasteiger partial charge in [0.2, 0.25) is 5.91 Å². The number of carbonyl (C=O) groups is 1. The van der Waals surface area contributed by atoms with Crippen LogP contribution < -0.4 is 10.1 Å². The molecule has 3 aromatic rings. The summed E-state index contributed by atoms with van der Waals surface area (Å²) in [5.41, 5.74) is 2.09. The normalized spacial score (nSPS) is 11.9. The second-order valence-electron chi connectivity index (χ2n) is 6.15. The Morgan fingerprint density at radius 3 is 2.44 bits per heavy atom. The second kappa shape index (κ2) is 7.84. The van der Waals surface area contributed by atoms with Crippen molar-refractivity contribution in [2.24, 2.45) is 0 Å². The fraction of sp³-hybridized carbons (Fsp3) is 0.227. The van der Waals surface area contributed by atoms with Crippen LogP contribution in [0.2, 0.25) is 0 Å². The van der Waals surface area contributed by atoms with Crippen molar-refractivity contribution in [3.05, 3.63) is 77.9 Å². The van der Waals surface area contributed by atoms with Crippen LogP contribution in [0.3, 0.4) is 0 Å². The van der Waals surface area contributed by atoms with E-state index in [0.717, 1.165) is 22.3 Å². The molecule has 0 aliphatic rings.